The Bertz CT molecular complexity index is 1760. The lowest BCUT2D eigenvalue weighted by Crippen LogP contribution is -2.30. The van der Waals surface area contributed by atoms with Crippen LogP contribution in [-0.2, 0) is 9.59 Å². The molecule has 0 spiro atoms. The lowest BCUT2D eigenvalue weighted by molar-refractivity contribution is -0.132. The second-order valence-electron chi connectivity index (χ2n) is 9.49. The molecule has 7 heteroatoms. The van der Waals surface area contributed by atoms with Crippen LogP contribution >= 0.6 is 0 Å². The Morgan fingerprint density at radius 1 is 0.947 bits per heavy atom. The number of aryl methyl sites for hydroxylation is 2. The van der Waals surface area contributed by atoms with Crippen molar-refractivity contribution in [2.45, 2.75) is 19.9 Å². The molecule has 0 saturated carbocycles. The first-order valence-corrected chi connectivity index (χ1v) is 12.3. The molecular formula is C31H25N3O4. The van der Waals surface area contributed by atoms with Crippen LogP contribution in [0, 0.1) is 13.8 Å². The van der Waals surface area contributed by atoms with E-state index in [1.807, 2.05) is 62.4 Å². The van der Waals surface area contributed by atoms with Crippen molar-refractivity contribution in [3.63, 3.8) is 0 Å². The van der Waals surface area contributed by atoms with E-state index < -0.39 is 17.7 Å². The van der Waals surface area contributed by atoms with Crippen LogP contribution in [0.5, 0.6) is 5.75 Å². The summed E-state index contributed by atoms with van der Waals surface area (Å²) in [5.41, 5.74) is 4.66. The van der Waals surface area contributed by atoms with Crippen LogP contribution in [0.15, 0.2) is 84.4 Å². The van der Waals surface area contributed by atoms with Crippen LogP contribution < -0.4 is 9.64 Å². The highest BCUT2D eigenvalue weighted by molar-refractivity contribution is 6.51. The van der Waals surface area contributed by atoms with E-state index in [1.165, 1.54) is 4.90 Å². The van der Waals surface area contributed by atoms with Gasteiger partial charge in [0.2, 0.25) is 5.95 Å². The molecule has 1 atom stereocenters. The van der Waals surface area contributed by atoms with E-state index in [2.05, 4.69) is 9.97 Å². The van der Waals surface area contributed by atoms with Crippen LogP contribution in [0.2, 0.25) is 0 Å². The number of ketones is 1. The number of hydrogen-bond acceptors (Lipinski definition) is 5. The highest BCUT2D eigenvalue weighted by Gasteiger charge is 2.48. The molecule has 188 valence electrons. The zero-order valence-corrected chi connectivity index (χ0v) is 21.1. The molecule has 1 unspecified atom stereocenters. The number of carbonyl (C=O) groups is 2. The second kappa shape index (κ2) is 8.88. The standard InChI is InChI=1S/C31H25N3O4/c1-17-14-24-25(15-18(17)2)33-31(32-24)34-27(20-10-6-11-21(16-20)38-3)26(29(36)30(34)37)28(35)23-13-7-9-19-8-4-5-12-22(19)23/h4-16,27,35H,1-3H3,(H,32,33)/b28-26+. The van der Waals surface area contributed by atoms with Gasteiger partial charge in [0, 0.05) is 5.56 Å². The van der Waals surface area contributed by atoms with Crippen molar-refractivity contribution in [3.05, 3.63) is 107 Å². The van der Waals surface area contributed by atoms with Gasteiger partial charge in [-0.15, -0.1) is 0 Å². The maximum Gasteiger partial charge on any atom is 0.302 e. The summed E-state index contributed by atoms with van der Waals surface area (Å²) in [5.74, 6) is -0.993. The second-order valence-corrected chi connectivity index (χ2v) is 9.49. The average molecular weight is 504 g/mol. The number of aliphatic hydroxyl groups is 1. The van der Waals surface area contributed by atoms with Gasteiger partial charge in [-0.3, -0.25) is 14.5 Å². The van der Waals surface area contributed by atoms with Gasteiger partial charge in [-0.05, 0) is 65.6 Å². The molecule has 1 aliphatic rings. The normalized spacial score (nSPS) is 17.0. The molecule has 2 heterocycles. The van der Waals surface area contributed by atoms with E-state index in [9.17, 15) is 14.7 Å². The summed E-state index contributed by atoms with van der Waals surface area (Å²) in [6.45, 7) is 4.00. The Balaban J connectivity index is 1.61. The summed E-state index contributed by atoms with van der Waals surface area (Å²) in [5, 5.41) is 13.3. The molecule has 1 saturated heterocycles. The Kier molecular flexibility index (Phi) is 5.49. The van der Waals surface area contributed by atoms with Crippen molar-refractivity contribution in [1.82, 2.24) is 9.97 Å². The molecule has 1 aliphatic heterocycles. The number of aromatic amines is 1. The summed E-state index contributed by atoms with van der Waals surface area (Å²) in [4.78, 5) is 36.5. The summed E-state index contributed by atoms with van der Waals surface area (Å²) in [6.07, 6.45) is 0. The summed E-state index contributed by atoms with van der Waals surface area (Å²) in [6, 6.07) is 23.2. The number of benzene rings is 4. The zero-order valence-electron chi connectivity index (χ0n) is 21.1. The Morgan fingerprint density at radius 2 is 1.68 bits per heavy atom. The van der Waals surface area contributed by atoms with Gasteiger partial charge in [0.1, 0.15) is 11.5 Å². The smallest absolute Gasteiger partial charge is 0.302 e. The number of aliphatic hydroxyl groups excluding tert-OH is 1. The number of rotatable bonds is 4. The van der Waals surface area contributed by atoms with Crippen LogP contribution in [0.3, 0.4) is 0 Å². The summed E-state index contributed by atoms with van der Waals surface area (Å²) in [7, 11) is 1.55. The largest absolute Gasteiger partial charge is 0.507 e. The van der Waals surface area contributed by atoms with Gasteiger partial charge in [-0.25, -0.2) is 4.98 Å². The Hall–Kier alpha value is -4.91. The molecule has 0 radical (unpaired) electrons. The molecule has 2 N–H and O–H groups in total. The number of carbonyl (C=O) groups excluding carboxylic acids is 2. The van der Waals surface area contributed by atoms with E-state index in [-0.39, 0.29) is 17.3 Å². The number of hydrogen-bond donors (Lipinski definition) is 2. The molecule has 1 fully saturated rings. The Morgan fingerprint density at radius 3 is 2.50 bits per heavy atom. The minimum atomic E-state index is -0.924. The number of imidazole rings is 1. The van der Waals surface area contributed by atoms with Crippen LogP contribution in [0.4, 0.5) is 5.95 Å². The van der Waals surface area contributed by atoms with Crippen LogP contribution in [-0.4, -0.2) is 33.9 Å². The number of H-pyrrole nitrogens is 1. The van der Waals surface area contributed by atoms with E-state index in [1.54, 1.807) is 37.4 Å². The fourth-order valence-electron chi connectivity index (χ4n) is 5.13. The number of Topliss-reactive ketones (excluding diaryl/α,β-unsaturated/α-hetero) is 1. The van der Waals surface area contributed by atoms with E-state index in [0.29, 0.717) is 22.4 Å². The van der Waals surface area contributed by atoms with Crippen molar-refractivity contribution < 1.29 is 19.4 Å². The lowest BCUT2D eigenvalue weighted by Gasteiger charge is -2.23. The third-order valence-electron chi connectivity index (χ3n) is 7.21. The zero-order chi connectivity index (χ0) is 26.6. The van der Waals surface area contributed by atoms with E-state index >= 15 is 0 Å². The molecule has 6 rings (SSSR count). The fourth-order valence-corrected chi connectivity index (χ4v) is 5.13. The third kappa shape index (κ3) is 3.63. The number of anilines is 1. The molecule has 0 bridgehead atoms. The molecule has 5 aromatic rings. The first-order chi connectivity index (χ1) is 18.4. The topological polar surface area (TPSA) is 95.5 Å². The summed E-state index contributed by atoms with van der Waals surface area (Å²) >= 11 is 0. The van der Waals surface area contributed by atoms with Gasteiger partial charge < -0.3 is 14.8 Å². The Labute approximate surface area is 219 Å². The number of fused-ring (bicyclic) bond motifs is 2. The minimum Gasteiger partial charge on any atom is -0.507 e. The maximum absolute atomic E-state index is 13.6. The van der Waals surface area contributed by atoms with Crippen LogP contribution in [0.25, 0.3) is 27.6 Å². The molecule has 1 aromatic heterocycles. The minimum absolute atomic E-state index is 0.00702. The molecule has 7 nitrogen and oxygen atoms in total. The van der Waals surface area contributed by atoms with Crippen molar-refractivity contribution in [1.29, 1.82) is 0 Å². The fraction of sp³-hybridized carbons (Fsp3) is 0.129. The van der Waals surface area contributed by atoms with Gasteiger partial charge in [0.05, 0.1) is 29.8 Å². The molecular weight excluding hydrogens is 478 g/mol. The first kappa shape index (κ1) is 23.5. The molecule has 1 amide bonds. The van der Waals surface area contributed by atoms with Gasteiger partial charge >= 0.3 is 5.91 Å². The number of nitrogens with zero attached hydrogens (tertiary/aromatic N) is 2. The highest BCUT2D eigenvalue weighted by atomic mass is 16.5. The SMILES string of the molecule is COc1cccc(C2/C(=C(\O)c3cccc4ccccc34)C(=O)C(=O)N2c2nc3cc(C)c(C)cc3[nH]2)c1. The predicted molar refractivity (Wildman–Crippen MR) is 147 cm³/mol. The number of ether oxygens (including phenoxy) is 1. The monoisotopic (exact) mass is 503 g/mol. The molecule has 4 aromatic carbocycles. The highest BCUT2D eigenvalue weighted by Crippen LogP contribution is 2.43. The third-order valence-corrected chi connectivity index (χ3v) is 7.21. The van der Waals surface area contributed by atoms with Crippen molar-refractivity contribution in [3.8, 4) is 5.75 Å². The van der Waals surface area contributed by atoms with E-state index in [0.717, 1.165) is 27.4 Å². The van der Waals surface area contributed by atoms with Gasteiger partial charge in [-0.2, -0.15) is 0 Å². The lowest BCUT2D eigenvalue weighted by atomic mass is 9.93. The van der Waals surface area contributed by atoms with Crippen molar-refractivity contribution >= 4 is 45.2 Å². The number of amides is 1. The van der Waals surface area contributed by atoms with Crippen LogP contribution in [0.1, 0.15) is 28.3 Å². The first-order valence-electron chi connectivity index (χ1n) is 12.3. The van der Waals surface area contributed by atoms with Crippen molar-refractivity contribution in [2.75, 3.05) is 12.0 Å². The average Bonchev–Trinajstić information content (AvgIpc) is 3.45. The van der Waals surface area contributed by atoms with Gasteiger partial charge in [-0.1, -0.05) is 54.6 Å². The molecule has 0 aliphatic carbocycles. The quantitative estimate of drug-likeness (QED) is 0.179. The van der Waals surface area contributed by atoms with Gasteiger partial charge in [0.25, 0.3) is 5.78 Å². The van der Waals surface area contributed by atoms with E-state index in [4.69, 9.17) is 4.74 Å². The predicted octanol–water partition coefficient (Wildman–Crippen LogP) is 5.97. The molecule has 38 heavy (non-hydrogen) atoms. The maximum atomic E-state index is 13.6. The number of nitrogens with one attached hydrogen (secondary N) is 1. The number of aromatic nitrogens is 2. The van der Waals surface area contributed by atoms with Gasteiger partial charge in [0.15, 0.2) is 0 Å². The number of methoxy groups -OCH3 is 1. The van der Waals surface area contributed by atoms with Crippen molar-refractivity contribution in [2.24, 2.45) is 0 Å². The summed E-state index contributed by atoms with van der Waals surface area (Å²) < 4.78 is 5.43.